The monoisotopic (exact) mass is 261 g/mol. The molecule has 3 heteroatoms. The fraction of sp³-hybridized carbons (Fsp3) is 0.600. The van der Waals surface area contributed by atoms with Gasteiger partial charge in [0.1, 0.15) is 0 Å². The lowest BCUT2D eigenvalue weighted by atomic mass is 10.1. The van der Waals surface area contributed by atoms with Crippen molar-refractivity contribution in [2.24, 2.45) is 5.92 Å². The van der Waals surface area contributed by atoms with E-state index in [1.165, 1.54) is 21.5 Å². The Morgan fingerprint density at radius 3 is 2.85 bits per heavy atom. The molecule has 74 valence electrons. The Morgan fingerprint density at radius 2 is 2.31 bits per heavy atom. The van der Waals surface area contributed by atoms with Gasteiger partial charge in [0.25, 0.3) is 0 Å². The minimum Gasteiger partial charge on any atom is -0.319 e. The van der Waals surface area contributed by atoms with Crippen LogP contribution in [0.5, 0.6) is 0 Å². The molecule has 0 aliphatic carbocycles. The van der Waals surface area contributed by atoms with E-state index in [0.29, 0.717) is 0 Å². The third-order valence-corrected chi connectivity index (χ3v) is 3.75. The molecule has 1 atom stereocenters. The van der Waals surface area contributed by atoms with Crippen molar-refractivity contribution in [3.8, 4) is 0 Å². The number of aryl methyl sites for hydroxylation is 1. The summed E-state index contributed by atoms with van der Waals surface area (Å²) in [6.45, 7) is 3.41. The third-order valence-electron chi connectivity index (χ3n) is 2.06. The minimum atomic E-state index is 0.769. The summed E-state index contributed by atoms with van der Waals surface area (Å²) in [5.74, 6) is 0.769. The van der Waals surface area contributed by atoms with Gasteiger partial charge in [-0.3, -0.25) is 0 Å². The molecule has 0 aromatic carbocycles. The van der Waals surface area contributed by atoms with E-state index in [-0.39, 0.29) is 0 Å². The van der Waals surface area contributed by atoms with Crippen LogP contribution in [-0.2, 0) is 6.42 Å². The van der Waals surface area contributed by atoms with Crippen molar-refractivity contribution < 1.29 is 0 Å². The van der Waals surface area contributed by atoms with E-state index in [1.807, 2.05) is 18.4 Å². The summed E-state index contributed by atoms with van der Waals surface area (Å²) in [4.78, 5) is 1.48. The number of nitrogens with one attached hydrogen (secondary N) is 1. The van der Waals surface area contributed by atoms with E-state index in [2.05, 4.69) is 40.3 Å². The molecule has 1 unspecified atom stereocenters. The van der Waals surface area contributed by atoms with Gasteiger partial charge >= 0.3 is 0 Å². The predicted molar refractivity (Wildman–Crippen MR) is 63.4 cm³/mol. The van der Waals surface area contributed by atoms with Crippen LogP contribution in [0.4, 0.5) is 0 Å². The van der Waals surface area contributed by atoms with E-state index in [1.54, 1.807) is 0 Å². The third kappa shape index (κ3) is 4.25. The van der Waals surface area contributed by atoms with E-state index in [9.17, 15) is 0 Å². The maximum atomic E-state index is 3.48. The van der Waals surface area contributed by atoms with Crippen LogP contribution in [0.2, 0.25) is 0 Å². The highest BCUT2D eigenvalue weighted by Crippen LogP contribution is 2.23. The highest BCUT2D eigenvalue weighted by molar-refractivity contribution is 9.11. The quantitative estimate of drug-likeness (QED) is 0.858. The van der Waals surface area contributed by atoms with Crippen molar-refractivity contribution in [1.82, 2.24) is 5.32 Å². The summed E-state index contributed by atoms with van der Waals surface area (Å²) >= 11 is 5.32. The molecule has 0 bridgehead atoms. The first-order valence-electron chi connectivity index (χ1n) is 4.61. The molecule has 1 rings (SSSR count). The van der Waals surface area contributed by atoms with Gasteiger partial charge in [-0.05, 0) is 60.4 Å². The minimum absolute atomic E-state index is 0.769. The summed E-state index contributed by atoms with van der Waals surface area (Å²) < 4.78 is 1.24. The Labute approximate surface area is 92.7 Å². The molecule has 0 aliphatic heterocycles. The second-order valence-corrected chi connectivity index (χ2v) is 5.95. The van der Waals surface area contributed by atoms with Crippen molar-refractivity contribution in [3.05, 3.63) is 20.8 Å². The molecule has 1 aromatic rings. The Balaban J connectivity index is 2.26. The molecule has 1 N–H and O–H groups in total. The van der Waals surface area contributed by atoms with Crippen LogP contribution >= 0.6 is 27.3 Å². The van der Waals surface area contributed by atoms with E-state index in [0.717, 1.165) is 12.5 Å². The summed E-state index contributed by atoms with van der Waals surface area (Å²) in [6.07, 6.45) is 2.48. The zero-order valence-electron chi connectivity index (χ0n) is 8.14. The molecular formula is C10H16BrNS. The van der Waals surface area contributed by atoms with Gasteiger partial charge in [-0.25, -0.2) is 0 Å². The summed E-state index contributed by atoms with van der Waals surface area (Å²) in [6, 6.07) is 4.34. The number of rotatable bonds is 5. The first kappa shape index (κ1) is 11.2. The molecule has 0 spiro atoms. The van der Waals surface area contributed by atoms with Gasteiger partial charge in [0.05, 0.1) is 3.79 Å². The lowest BCUT2D eigenvalue weighted by Crippen LogP contribution is -2.16. The largest absolute Gasteiger partial charge is 0.319 e. The predicted octanol–water partition coefficient (Wildman–Crippen LogP) is 3.30. The number of halogens is 1. The van der Waals surface area contributed by atoms with Crippen LogP contribution in [0.15, 0.2) is 15.9 Å². The molecule has 0 saturated carbocycles. The molecule has 1 nitrogen and oxygen atoms in total. The summed E-state index contributed by atoms with van der Waals surface area (Å²) in [5, 5.41) is 3.20. The highest BCUT2D eigenvalue weighted by Gasteiger charge is 2.02. The number of hydrogen-bond donors (Lipinski definition) is 1. The number of thiophene rings is 1. The van der Waals surface area contributed by atoms with Gasteiger partial charge in [0.2, 0.25) is 0 Å². The molecule has 0 radical (unpaired) electrons. The first-order valence-corrected chi connectivity index (χ1v) is 6.22. The SMILES string of the molecule is CNCC(C)CCc1ccc(Br)s1. The molecular weight excluding hydrogens is 246 g/mol. The Morgan fingerprint density at radius 1 is 1.54 bits per heavy atom. The van der Waals surface area contributed by atoms with Crippen LogP contribution < -0.4 is 5.32 Å². The Kier molecular flexibility index (Phi) is 4.99. The maximum Gasteiger partial charge on any atom is 0.0701 e. The van der Waals surface area contributed by atoms with Crippen LogP contribution in [-0.4, -0.2) is 13.6 Å². The van der Waals surface area contributed by atoms with Crippen LogP contribution in [0.3, 0.4) is 0 Å². The van der Waals surface area contributed by atoms with Crippen LogP contribution in [0.25, 0.3) is 0 Å². The van der Waals surface area contributed by atoms with Gasteiger partial charge in [0, 0.05) is 4.88 Å². The van der Waals surface area contributed by atoms with Gasteiger partial charge < -0.3 is 5.32 Å². The number of hydrogen-bond acceptors (Lipinski definition) is 2. The fourth-order valence-electron chi connectivity index (χ4n) is 1.33. The maximum absolute atomic E-state index is 3.48. The van der Waals surface area contributed by atoms with E-state index < -0.39 is 0 Å². The smallest absolute Gasteiger partial charge is 0.0701 e. The van der Waals surface area contributed by atoms with Crippen molar-refractivity contribution in [1.29, 1.82) is 0 Å². The van der Waals surface area contributed by atoms with Crippen molar-refractivity contribution in [2.45, 2.75) is 19.8 Å². The molecule has 0 fully saturated rings. The molecule has 0 amide bonds. The molecule has 0 aliphatic rings. The highest BCUT2D eigenvalue weighted by atomic mass is 79.9. The topological polar surface area (TPSA) is 12.0 Å². The zero-order chi connectivity index (χ0) is 9.68. The summed E-state index contributed by atoms with van der Waals surface area (Å²) in [5.41, 5.74) is 0. The molecule has 0 saturated heterocycles. The van der Waals surface area contributed by atoms with Crippen LogP contribution in [0.1, 0.15) is 18.2 Å². The standard InChI is InChI=1S/C10H16BrNS/c1-8(7-12-2)3-4-9-5-6-10(11)13-9/h5-6,8,12H,3-4,7H2,1-2H3. The van der Waals surface area contributed by atoms with Gasteiger partial charge in [-0.2, -0.15) is 0 Å². The second-order valence-electron chi connectivity index (χ2n) is 3.41. The van der Waals surface area contributed by atoms with Crippen molar-refractivity contribution in [3.63, 3.8) is 0 Å². The molecule has 13 heavy (non-hydrogen) atoms. The average Bonchev–Trinajstić information content (AvgIpc) is 2.49. The lowest BCUT2D eigenvalue weighted by Gasteiger charge is -2.08. The Bertz CT molecular complexity index is 247. The normalized spacial score (nSPS) is 13.2. The molecule has 1 aromatic heterocycles. The van der Waals surface area contributed by atoms with Crippen LogP contribution in [0, 0.1) is 5.92 Å². The van der Waals surface area contributed by atoms with E-state index in [4.69, 9.17) is 0 Å². The second kappa shape index (κ2) is 5.78. The summed E-state index contributed by atoms with van der Waals surface area (Å²) in [7, 11) is 2.01. The van der Waals surface area contributed by atoms with Gasteiger partial charge in [0.15, 0.2) is 0 Å². The van der Waals surface area contributed by atoms with Crippen molar-refractivity contribution >= 4 is 27.3 Å². The average molecular weight is 262 g/mol. The van der Waals surface area contributed by atoms with Gasteiger partial charge in [-0.15, -0.1) is 11.3 Å². The molecule has 1 heterocycles. The lowest BCUT2D eigenvalue weighted by molar-refractivity contribution is 0.506. The fourth-order valence-corrected chi connectivity index (χ4v) is 2.82. The van der Waals surface area contributed by atoms with E-state index >= 15 is 0 Å². The zero-order valence-corrected chi connectivity index (χ0v) is 10.5. The Hall–Kier alpha value is 0.140. The first-order chi connectivity index (χ1) is 6.22. The van der Waals surface area contributed by atoms with Gasteiger partial charge in [-0.1, -0.05) is 6.92 Å². The van der Waals surface area contributed by atoms with Crippen molar-refractivity contribution in [2.75, 3.05) is 13.6 Å².